The number of thioether (sulfide) groups is 1. The molecule has 1 unspecified atom stereocenters. The fourth-order valence-corrected chi connectivity index (χ4v) is 3.13. The first-order chi connectivity index (χ1) is 13.2. The van der Waals surface area contributed by atoms with Crippen LogP contribution in [0.25, 0.3) is 5.65 Å². The number of nitrogens with zero attached hydrogens (tertiary/aromatic N) is 4. The van der Waals surface area contributed by atoms with Crippen molar-refractivity contribution in [1.29, 1.82) is 5.26 Å². The number of nitriles is 1. The van der Waals surface area contributed by atoms with E-state index in [2.05, 4.69) is 15.5 Å². The lowest BCUT2D eigenvalue weighted by Crippen LogP contribution is -2.34. The zero-order chi connectivity index (χ0) is 19.1. The van der Waals surface area contributed by atoms with Gasteiger partial charge in [0.25, 0.3) is 5.91 Å². The van der Waals surface area contributed by atoms with Crippen LogP contribution < -0.4 is 10.1 Å². The number of ether oxygens (including phenoxy) is 1. The van der Waals surface area contributed by atoms with Gasteiger partial charge in [-0.15, -0.1) is 10.2 Å². The summed E-state index contributed by atoms with van der Waals surface area (Å²) >= 11 is 1.70. The average molecular weight is 381 g/mol. The molecule has 2 heterocycles. The number of nitrogens with one attached hydrogen (secondary N) is 1. The predicted octanol–water partition coefficient (Wildman–Crippen LogP) is 2.59. The minimum Gasteiger partial charge on any atom is -0.482 e. The number of aromatic nitrogens is 3. The Morgan fingerprint density at radius 3 is 2.93 bits per heavy atom. The van der Waals surface area contributed by atoms with Gasteiger partial charge in [0, 0.05) is 6.20 Å². The van der Waals surface area contributed by atoms with Gasteiger partial charge in [-0.05, 0) is 42.7 Å². The van der Waals surface area contributed by atoms with Crippen molar-refractivity contribution in [2.24, 2.45) is 0 Å². The van der Waals surface area contributed by atoms with Crippen LogP contribution >= 0.6 is 11.8 Å². The van der Waals surface area contributed by atoms with Crippen molar-refractivity contribution in [2.75, 3.05) is 18.6 Å². The number of para-hydroxylation sites is 1. The molecular formula is C19H19N5O2S. The molecule has 0 saturated heterocycles. The predicted molar refractivity (Wildman–Crippen MR) is 104 cm³/mol. The normalized spacial score (nSPS) is 11.7. The Bertz CT molecular complexity index is 966. The van der Waals surface area contributed by atoms with Gasteiger partial charge in [0.2, 0.25) is 0 Å². The zero-order valence-corrected chi connectivity index (χ0v) is 15.6. The molecule has 27 heavy (non-hydrogen) atoms. The largest absolute Gasteiger partial charge is 0.482 e. The van der Waals surface area contributed by atoms with Crippen molar-refractivity contribution in [3.63, 3.8) is 0 Å². The summed E-state index contributed by atoms with van der Waals surface area (Å²) in [6.45, 7) is -0.175. The molecule has 0 fully saturated rings. The van der Waals surface area contributed by atoms with Gasteiger partial charge in [0.1, 0.15) is 11.8 Å². The number of hydrogen-bond donors (Lipinski definition) is 1. The Morgan fingerprint density at radius 2 is 2.11 bits per heavy atom. The Labute approximate surface area is 161 Å². The van der Waals surface area contributed by atoms with Crippen LogP contribution in [0.4, 0.5) is 0 Å². The molecule has 3 aromatic rings. The molecule has 1 N–H and O–H groups in total. The fraction of sp³-hybridized carbons (Fsp3) is 0.263. The lowest BCUT2D eigenvalue weighted by atomic mass is 10.2. The van der Waals surface area contributed by atoms with Crippen molar-refractivity contribution in [3.05, 3.63) is 60.0 Å². The van der Waals surface area contributed by atoms with Crippen molar-refractivity contribution in [3.8, 4) is 11.8 Å². The Kier molecular flexibility index (Phi) is 6.28. The van der Waals surface area contributed by atoms with E-state index in [0.29, 0.717) is 17.1 Å². The number of pyridine rings is 1. The second kappa shape index (κ2) is 9.05. The van der Waals surface area contributed by atoms with Crippen LogP contribution in [0.3, 0.4) is 0 Å². The van der Waals surface area contributed by atoms with Crippen LogP contribution in [-0.4, -0.2) is 39.1 Å². The summed E-state index contributed by atoms with van der Waals surface area (Å²) in [6, 6.07) is 14.3. The van der Waals surface area contributed by atoms with Gasteiger partial charge in [-0.25, -0.2) is 0 Å². The fourth-order valence-electron chi connectivity index (χ4n) is 2.66. The molecule has 1 amide bonds. The van der Waals surface area contributed by atoms with Crippen LogP contribution in [0.5, 0.6) is 5.75 Å². The maximum Gasteiger partial charge on any atom is 0.258 e. The van der Waals surface area contributed by atoms with Crippen molar-refractivity contribution in [1.82, 2.24) is 19.9 Å². The van der Waals surface area contributed by atoms with Gasteiger partial charge in [0.15, 0.2) is 18.1 Å². The minimum absolute atomic E-state index is 0.175. The first-order valence-electron chi connectivity index (χ1n) is 8.43. The molecule has 0 spiro atoms. The highest BCUT2D eigenvalue weighted by atomic mass is 32.2. The maximum absolute atomic E-state index is 12.4. The molecule has 0 aliphatic rings. The number of carbonyl (C=O) groups excluding carboxylic acids is 1. The van der Waals surface area contributed by atoms with Gasteiger partial charge in [-0.1, -0.05) is 18.2 Å². The summed E-state index contributed by atoms with van der Waals surface area (Å²) in [7, 11) is 0. The highest BCUT2D eigenvalue weighted by molar-refractivity contribution is 7.98. The monoisotopic (exact) mass is 381 g/mol. The molecule has 0 aliphatic heterocycles. The highest BCUT2D eigenvalue weighted by Gasteiger charge is 2.20. The standard InChI is InChI=1S/C19H19N5O2S/c1-27-11-9-15(19-23-22-17-8-4-5-10-24(17)19)21-18(25)13-26-16-7-3-2-6-14(16)12-20/h2-8,10,15H,9,11,13H2,1H3,(H,21,25). The number of amides is 1. The molecule has 0 bridgehead atoms. The summed E-state index contributed by atoms with van der Waals surface area (Å²) in [4.78, 5) is 12.4. The summed E-state index contributed by atoms with van der Waals surface area (Å²) < 4.78 is 7.39. The molecule has 3 rings (SSSR count). The van der Waals surface area contributed by atoms with E-state index < -0.39 is 0 Å². The number of benzene rings is 1. The third kappa shape index (κ3) is 4.57. The first kappa shape index (κ1) is 18.7. The molecule has 0 aliphatic carbocycles. The van der Waals surface area contributed by atoms with Gasteiger partial charge >= 0.3 is 0 Å². The van der Waals surface area contributed by atoms with E-state index in [9.17, 15) is 4.79 Å². The Hall–Kier alpha value is -3.05. The minimum atomic E-state index is -0.280. The second-order valence-corrected chi connectivity index (χ2v) is 6.77. The number of rotatable bonds is 8. The van der Waals surface area contributed by atoms with Crippen molar-refractivity contribution in [2.45, 2.75) is 12.5 Å². The van der Waals surface area contributed by atoms with E-state index in [1.165, 1.54) is 0 Å². The molecular weight excluding hydrogens is 362 g/mol. The van der Waals surface area contributed by atoms with E-state index in [1.807, 2.05) is 41.1 Å². The molecule has 0 radical (unpaired) electrons. The number of carbonyl (C=O) groups is 1. The van der Waals surface area contributed by atoms with Gasteiger partial charge < -0.3 is 10.1 Å². The van der Waals surface area contributed by atoms with E-state index in [0.717, 1.165) is 17.8 Å². The molecule has 1 atom stereocenters. The number of hydrogen-bond acceptors (Lipinski definition) is 6. The third-order valence-electron chi connectivity index (χ3n) is 3.96. The maximum atomic E-state index is 12.4. The topological polar surface area (TPSA) is 92.3 Å². The summed E-state index contributed by atoms with van der Waals surface area (Å²) in [5.41, 5.74) is 1.13. The van der Waals surface area contributed by atoms with Crippen LogP contribution in [0, 0.1) is 11.3 Å². The smallest absolute Gasteiger partial charge is 0.258 e. The van der Waals surface area contributed by atoms with E-state index in [1.54, 1.807) is 36.0 Å². The summed E-state index contributed by atoms with van der Waals surface area (Å²) in [5.74, 6) is 1.67. The average Bonchev–Trinajstić information content (AvgIpc) is 3.14. The first-order valence-corrected chi connectivity index (χ1v) is 9.82. The summed E-state index contributed by atoms with van der Waals surface area (Å²) in [6.07, 6.45) is 4.61. The molecule has 1 aromatic carbocycles. The quantitative estimate of drug-likeness (QED) is 0.645. The van der Waals surface area contributed by atoms with E-state index in [4.69, 9.17) is 10.00 Å². The van der Waals surface area contributed by atoms with E-state index >= 15 is 0 Å². The number of fused-ring (bicyclic) bond motifs is 1. The molecule has 0 saturated carbocycles. The van der Waals surface area contributed by atoms with Crippen LogP contribution in [0.1, 0.15) is 23.9 Å². The lowest BCUT2D eigenvalue weighted by molar-refractivity contribution is -0.123. The van der Waals surface area contributed by atoms with Crippen molar-refractivity contribution < 1.29 is 9.53 Å². The van der Waals surface area contributed by atoms with Gasteiger partial charge in [0.05, 0.1) is 11.6 Å². The second-order valence-electron chi connectivity index (χ2n) is 5.79. The third-order valence-corrected chi connectivity index (χ3v) is 4.61. The van der Waals surface area contributed by atoms with Crippen LogP contribution in [0.2, 0.25) is 0 Å². The lowest BCUT2D eigenvalue weighted by Gasteiger charge is -2.17. The Balaban J connectivity index is 1.71. The van der Waals surface area contributed by atoms with E-state index in [-0.39, 0.29) is 18.6 Å². The molecule has 7 nitrogen and oxygen atoms in total. The van der Waals surface area contributed by atoms with Crippen molar-refractivity contribution >= 4 is 23.3 Å². The molecule has 138 valence electrons. The zero-order valence-electron chi connectivity index (χ0n) is 14.8. The van der Waals surface area contributed by atoms with Crippen LogP contribution in [0.15, 0.2) is 48.7 Å². The van der Waals surface area contributed by atoms with Gasteiger partial charge in [-0.3, -0.25) is 9.20 Å². The van der Waals surface area contributed by atoms with Gasteiger partial charge in [-0.2, -0.15) is 17.0 Å². The van der Waals surface area contributed by atoms with Crippen LogP contribution in [-0.2, 0) is 4.79 Å². The molecule has 8 heteroatoms. The Morgan fingerprint density at radius 1 is 1.30 bits per heavy atom. The SMILES string of the molecule is CSCCC(NC(=O)COc1ccccc1C#N)c1nnc2ccccn12. The highest BCUT2D eigenvalue weighted by Crippen LogP contribution is 2.19. The molecule has 2 aromatic heterocycles. The summed E-state index contributed by atoms with van der Waals surface area (Å²) in [5, 5.41) is 20.5.